The molecule has 9 heteroatoms. The predicted octanol–water partition coefficient (Wildman–Crippen LogP) is 3.18. The van der Waals surface area contributed by atoms with Crippen molar-refractivity contribution in [2.75, 3.05) is 16.2 Å². The number of sulfonamides is 1. The highest BCUT2D eigenvalue weighted by molar-refractivity contribution is 7.92. The summed E-state index contributed by atoms with van der Waals surface area (Å²) in [5.74, 6) is -0.0500. The first-order chi connectivity index (χ1) is 13.8. The summed E-state index contributed by atoms with van der Waals surface area (Å²) >= 11 is 1.10. The second-order valence-corrected chi connectivity index (χ2v) is 9.64. The van der Waals surface area contributed by atoms with Gasteiger partial charge in [-0.25, -0.2) is 8.42 Å². The zero-order valence-corrected chi connectivity index (χ0v) is 17.8. The molecule has 1 amide bonds. The molecule has 2 heterocycles. The molecule has 1 aromatic heterocycles. The molecule has 0 saturated heterocycles. The quantitative estimate of drug-likeness (QED) is 0.687. The van der Waals surface area contributed by atoms with Crippen LogP contribution in [-0.4, -0.2) is 25.4 Å². The minimum atomic E-state index is -3.80. The summed E-state index contributed by atoms with van der Waals surface area (Å²) in [4.78, 5) is 25.6. The molecular formula is C20H21N3O4S2. The number of benzene rings is 2. The molecule has 4 rings (SSSR count). The van der Waals surface area contributed by atoms with Gasteiger partial charge >= 0.3 is 4.87 Å². The van der Waals surface area contributed by atoms with Gasteiger partial charge in [0.1, 0.15) is 0 Å². The fraction of sp³-hybridized carbons (Fsp3) is 0.300. The number of carbonyl (C=O) groups is 1. The number of hydrogen-bond donors (Lipinski definition) is 1. The molecule has 3 aromatic rings. The Balaban J connectivity index is 1.66. The number of aromatic nitrogens is 1. The van der Waals surface area contributed by atoms with E-state index in [1.54, 1.807) is 39.8 Å². The number of nitrogens with one attached hydrogen (secondary N) is 1. The molecule has 0 radical (unpaired) electrons. The molecule has 1 aliphatic rings. The lowest BCUT2D eigenvalue weighted by atomic mass is 10.0. The Labute approximate surface area is 172 Å². The molecule has 2 aromatic carbocycles. The fourth-order valence-electron chi connectivity index (χ4n) is 3.71. The predicted molar refractivity (Wildman–Crippen MR) is 115 cm³/mol. The molecule has 0 bridgehead atoms. The SMILES string of the molecule is CCn1c(=O)sc2cc(NS(=O)(=O)c3ccc4c(c3)CCCN4C(C)=O)ccc21. The molecule has 152 valence electrons. The Morgan fingerprint density at radius 2 is 2.00 bits per heavy atom. The van der Waals surface area contributed by atoms with E-state index in [1.807, 2.05) is 6.92 Å². The summed E-state index contributed by atoms with van der Waals surface area (Å²) in [6, 6.07) is 9.95. The molecule has 0 saturated carbocycles. The van der Waals surface area contributed by atoms with Crippen LogP contribution in [-0.2, 0) is 27.8 Å². The maximum absolute atomic E-state index is 12.9. The zero-order valence-electron chi connectivity index (χ0n) is 16.1. The molecule has 29 heavy (non-hydrogen) atoms. The van der Waals surface area contributed by atoms with Crippen LogP contribution < -0.4 is 14.5 Å². The van der Waals surface area contributed by atoms with Crippen molar-refractivity contribution < 1.29 is 13.2 Å². The van der Waals surface area contributed by atoms with E-state index >= 15 is 0 Å². The lowest BCUT2D eigenvalue weighted by Crippen LogP contribution is -2.33. The third-order valence-corrected chi connectivity index (χ3v) is 7.42. The van der Waals surface area contributed by atoms with Crippen molar-refractivity contribution in [3.05, 3.63) is 51.6 Å². The number of carbonyl (C=O) groups excluding carboxylic acids is 1. The van der Waals surface area contributed by atoms with Gasteiger partial charge in [0.25, 0.3) is 10.0 Å². The Bertz CT molecular complexity index is 1270. The van der Waals surface area contributed by atoms with Crippen LogP contribution in [0.25, 0.3) is 10.2 Å². The second kappa shape index (κ2) is 7.31. The van der Waals surface area contributed by atoms with Crippen LogP contribution in [0.3, 0.4) is 0 Å². The van der Waals surface area contributed by atoms with Gasteiger partial charge in [0.15, 0.2) is 0 Å². The minimum absolute atomic E-state index is 0.0500. The first kappa shape index (κ1) is 19.7. The first-order valence-corrected chi connectivity index (χ1v) is 11.7. The van der Waals surface area contributed by atoms with Crippen LogP contribution in [0.4, 0.5) is 11.4 Å². The number of amides is 1. The Kier molecular flexibility index (Phi) is 4.95. The van der Waals surface area contributed by atoms with Crippen LogP contribution in [0.5, 0.6) is 0 Å². The average molecular weight is 432 g/mol. The highest BCUT2D eigenvalue weighted by Crippen LogP contribution is 2.30. The van der Waals surface area contributed by atoms with E-state index in [0.29, 0.717) is 18.8 Å². The molecule has 0 aliphatic carbocycles. The van der Waals surface area contributed by atoms with Gasteiger partial charge in [0.2, 0.25) is 5.91 Å². The summed E-state index contributed by atoms with van der Waals surface area (Å²) in [5.41, 5.74) is 2.83. The van der Waals surface area contributed by atoms with E-state index in [-0.39, 0.29) is 15.7 Å². The summed E-state index contributed by atoms with van der Waals surface area (Å²) in [6.07, 6.45) is 1.53. The molecule has 1 N–H and O–H groups in total. The Hall–Kier alpha value is -2.65. The van der Waals surface area contributed by atoms with Gasteiger partial charge < -0.3 is 4.90 Å². The Morgan fingerprint density at radius 1 is 1.21 bits per heavy atom. The van der Waals surface area contributed by atoms with Gasteiger partial charge in [0.05, 0.1) is 20.8 Å². The maximum Gasteiger partial charge on any atom is 0.308 e. The van der Waals surface area contributed by atoms with E-state index in [1.165, 1.54) is 13.0 Å². The minimum Gasteiger partial charge on any atom is -0.312 e. The molecule has 1 aliphatic heterocycles. The third kappa shape index (κ3) is 3.56. The number of nitrogens with zero attached hydrogens (tertiary/aromatic N) is 2. The van der Waals surface area contributed by atoms with E-state index in [4.69, 9.17) is 0 Å². The number of rotatable bonds is 4. The lowest BCUT2D eigenvalue weighted by molar-refractivity contribution is -0.116. The summed E-state index contributed by atoms with van der Waals surface area (Å²) < 4.78 is 30.8. The summed E-state index contributed by atoms with van der Waals surface area (Å²) in [7, 11) is -3.80. The topological polar surface area (TPSA) is 88.5 Å². The van der Waals surface area contributed by atoms with Crippen LogP contribution in [0, 0.1) is 0 Å². The first-order valence-electron chi connectivity index (χ1n) is 9.37. The number of aryl methyl sites for hydroxylation is 2. The lowest BCUT2D eigenvalue weighted by Gasteiger charge is -2.28. The van der Waals surface area contributed by atoms with Gasteiger partial charge in [-0.15, -0.1) is 0 Å². The number of fused-ring (bicyclic) bond motifs is 2. The molecule has 7 nitrogen and oxygen atoms in total. The largest absolute Gasteiger partial charge is 0.312 e. The standard InChI is InChI=1S/C20H21N3O4S2/c1-3-22-18-8-6-15(12-19(18)28-20(22)25)21-29(26,27)16-7-9-17-14(11-16)5-4-10-23(17)13(2)24/h6-9,11-12,21H,3-5,10H2,1-2H3. The van der Waals surface area contributed by atoms with E-state index in [2.05, 4.69) is 4.72 Å². The Morgan fingerprint density at radius 3 is 2.72 bits per heavy atom. The molecule has 0 spiro atoms. The smallest absolute Gasteiger partial charge is 0.308 e. The van der Waals surface area contributed by atoms with Crippen LogP contribution in [0.2, 0.25) is 0 Å². The molecule has 0 fully saturated rings. The number of thiazole rings is 1. The summed E-state index contributed by atoms with van der Waals surface area (Å²) in [5, 5.41) is 0. The fourth-order valence-corrected chi connectivity index (χ4v) is 5.81. The highest BCUT2D eigenvalue weighted by atomic mass is 32.2. The molecule has 0 unspecified atom stereocenters. The third-order valence-electron chi connectivity index (χ3n) is 5.10. The van der Waals surface area contributed by atoms with Crippen LogP contribution in [0.15, 0.2) is 46.1 Å². The van der Waals surface area contributed by atoms with Crippen molar-refractivity contribution in [3.63, 3.8) is 0 Å². The van der Waals surface area contributed by atoms with Crippen molar-refractivity contribution in [2.45, 2.75) is 38.1 Å². The summed E-state index contributed by atoms with van der Waals surface area (Å²) in [6.45, 7) is 4.62. The zero-order chi connectivity index (χ0) is 20.8. The van der Waals surface area contributed by atoms with Gasteiger partial charge in [-0.1, -0.05) is 11.3 Å². The second-order valence-electron chi connectivity index (χ2n) is 6.96. The van der Waals surface area contributed by atoms with E-state index < -0.39 is 10.0 Å². The van der Waals surface area contributed by atoms with Crippen molar-refractivity contribution >= 4 is 48.9 Å². The van der Waals surface area contributed by atoms with Gasteiger partial charge in [-0.2, -0.15) is 0 Å². The highest BCUT2D eigenvalue weighted by Gasteiger charge is 2.23. The normalized spacial score (nSPS) is 14.1. The van der Waals surface area contributed by atoms with Crippen LogP contribution in [0.1, 0.15) is 25.8 Å². The monoisotopic (exact) mass is 431 g/mol. The molecular weight excluding hydrogens is 410 g/mol. The van der Waals surface area contributed by atoms with Gasteiger partial charge in [-0.05, 0) is 61.7 Å². The van der Waals surface area contributed by atoms with Crippen LogP contribution >= 0.6 is 11.3 Å². The molecule has 0 atom stereocenters. The number of hydrogen-bond acceptors (Lipinski definition) is 5. The van der Waals surface area contributed by atoms with Crippen molar-refractivity contribution in [1.82, 2.24) is 4.57 Å². The average Bonchev–Trinajstić information content (AvgIpc) is 3.00. The van der Waals surface area contributed by atoms with E-state index in [0.717, 1.165) is 45.6 Å². The van der Waals surface area contributed by atoms with E-state index in [9.17, 15) is 18.0 Å². The van der Waals surface area contributed by atoms with Gasteiger partial charge in [-0.3, -0.25) is 18.9 Å². The van der Waals surface area contributed by atoms with Crippen molar-refractivity contribution in [3.8, 4) is 0 Å². The van der Waals surface area contributed by atoms with Crippen molar-refractivity contribution in [1.29, 1.82) is 0 Å². The van der Waals surface area contributed by atoms with Crippen molar-refractivity contribution in [2.24, 2.45) is 0 Å². The maximum atomic E-state index is 12.9. The van der Waals surface area contributed by atoms with Gasteiger partial charge in [0, 0.05) is 25.7 Å². The number of anilines is 2.